The summed E-state index contributed by atoms with van der Waals surface area (Å²) in [6, 6.07) is 5.84. The molecular weight excluding hydrogens is 226 g/mol. The monoisotopic (exact) mass is 243 g/mol. The van der Waals surface area contributed by atoms with Gasteiger partial charge in [0.2, 0.25) is 0 Å². The SMILES string of the molecule is Cc1ccc(N)cc1-n1nnnc1C1CCCC1. The maximum absolute atomic E-state index is 5.86. The summed E-state index contributed by atoms with van der Waals surface area (Å²) in [6.07, 6.45) is 4.91. The van der Waals surface area contributed by atoms with Gasteiger partial charge in [-0.2, -0.15) is 4.68 Å². The summed E-state index contributed by atoms with van der Waals surface area (Å²) in [5.74, 6) is 1.46. The van der Waals surface area contributed by atoms with Crippen LogP contribution < -0.4 is 5.73 Å². The van der Waals surface area contributed by atoms with E-state index in [0.29, 0.717) is 5.92 Å². The van der Waals surface area contributed by atoms with Gasteiger partial charge in [0.15, 0.2) is 5.82 Å². The maximum Gasteiger partial charge on any atom is 0.159 e. The van der Waals surface area contributed by atoms with Crippen molar-refractivity contribution in [1.29, 1.82) is 0 Å². The van der Waals surface area contributed by atoms with Crippen LogP contribution in [0.3, 0.4) is 0 Å². The number of aromatic nitrogens is 4. The molecule has 0 saturated heterocycles. The number of hydrogen-bond acceptors (Lipinski definition) is 4. The van der Waals surface area contributed by atoms with E-state index in [1.54, 1.807) is 0 Å². The Morgan fingerprint density at radius 1 is 1.28 bits per heavy atom. The highest BCUT2D eigenvalue weighted by molar-refractivity contribution is 5.52. The van der Waals surface area contributed by atoms with Gasteiger partial charge in [-0.15, -0.1) is 5.10 Å². The minimum Gasteiger partial charge on any atom is -0.399 e. The number of nitrogen functional groups attached to an aromatic ring is 1. The largest absolute Gasteiger partial charge is 0.399 e. The van der Waals surface area contributed by atoms with E-state index in [-0.39, 0.29) is 0 Å². The fourth-order valence-corrected chi connectivity index (χ4v) is 2.66. The lowest BCUT2D eigenvalue weighted by molar-refractivity contribution is 0.635. The summed E-state index contributed by atoms with van der Waals surface area (Å²) in [6.45, 7) is 2.05. The van der Waals surface area contributed by atoms with Crippen molar-refractivity contribution in [3.8, 4) is 5.69 Å². The molecule has 0 amide bonds. The van der Waals surface area contributed by atoms with Crippen molar-refractivity contribution >= 4 is 5.69 Å². The highest BCUT2D eigenvalue weighted by Gasteiger charge is 2.24. The first kappa shape index (κ1) is 11.2. The third-order valence-corrected chi connectivity index (χ3v) is 3.68. The van der Waals surface area contributed by atoms with Crippen LogP contribution in [0.1, 0.15) is 43.0 Å². The molecule has 1 heterocycles. The Morgan fingerprint density at radius 3 is 2.83 bits per heavy atom. The minimum absolute atomic E-state index is 0.487. The number of anilines is 1. The van der Waals surface area contributed by atoms with Crippen molar-refractivity contribution in [1.82, 2.24) is 20.2 Å². The summed E-state index contributed by atoms with van der Waals surface area (Å²) in [7, 11) is 0. The highest BCUT2D eigenvalue weighted by atomic mass is 15.5. The molecule has 1 aromatic carbocycles. The molecule has 1 aromatic heterocycles. The Morgan fingerprint density at radius 2 is 2.06 bits per heavy atom. The first-order valence-electron chi connectivity index (χ1n) is 6.40. The second-order valence-electron chi connectivity index (χ2n) is 4.98. The van der Waals surface area contributed by atoms with E-state index in [2.05, 4.69) is 22.4 Å². The number of nitrogens with two attached hydrogens (primary N) is 1. The molecule has 5 nitrogen and oxygen atoms in total. The van der Waals surface area contributed by atoms with Gasteiger partial charge in [0.1, 0.15) is 0 Å². The Bertz CT molecular complexity index is 554. The average molecular weight is 243 g/mol. The van der Waals surface area contributed by atoms with Crippen molar-refractivity contribution < 1.29 is 0 Å². The van der Waals surface area contributed by atoms with Gasteiger partial charge < -0.3 is 5.73 Å². The summed E-state index contributed by atoms with van der Waals surface area (Å²) in [5, 5.41) is 12.2. The fraction of sp³-hybridized carbons (Fsp3) is 0.462. The van der Waals surface area contributed by atoms with E-state index >= 15 is 0 Å². The fourth-order valence-electron chi connectivity index (χ4n) is 2.66. The van der Waals surface area contributed by atoms with Gasteiger partial charge in [-0.3, -0.25) is 0 Å². The summed E-state index contributed by atoms with van der Waals surface area (Å²) in [4.78, 5) is 0. The predicted molar refractivity (Wildman–Crippen MR) is 69.5 cm³/mol. The molecule has 0 aliphatic heterocycles. The molecule has 1 aliphatic carbocycles. The summed E-state index contributed by atoms with van der Waals surface area (Å²) < 4.78 is 1.85. The molecule has 0 unspecified atom stereocenters. The zero-order valence-corrected chi connectivity index (χ0v) is 10.5. The van der Waals surface area contributed by atoms with E-state index in [1.807, 2.05) is 22.9 Å². The van der Waals surface area contributed by atoms with Crippen molar-refractivity contribution in [2.45, 2.75) is 38.5 Å². The third kappa shape index (κ3) is 1.85. The summed E-state index contributed by atoms with van der Waals surface area (Å²) >= 11 is 0. The van der Waals surface area contributed by atoms with Gasteiger partial charge in [-0.05, 0) is 47.9 Å². The number of nitrogens with zero attached hydrogens (tertiary/aromatic N) is 4. The molecule has 1 fully saturated rings. The van der Waals surface area contributed by atoms with Crippen LogP contribution in [0.15, 0.2) is 18.2 Å². The van der Waals surface area contributed by atoms with E-state index in [4.69, 9.17) is 5.73 Å². The Labute approximate surface area is 106 Å². The molecule has 1 aliphatic rings. The van der Waals surface area contributed by atoms with Crippen molar-refractivity contribution in [2.75, 3.05) is 5.73 Å². The molecule has 2 N–H and O–H groups in total. The first-order valence-corrected chi connectivity index (χ1v) is 6.40. The number of tetrazole rings is 1. The Kier molecular flexibility index (Phi) is 2.74. The first-order chi connectivity index (χ1) is 8.75. The predicted octanol–water partition coefficient (Wildman–Crippen LogP) is 2.21. The molecule has 1 saturated carbocycles. The lowest BCUT2D eigenvalue weighted by Crippen LogP contribution is -2.08. The van der Waals surface area contributed by atoms with Crippen molar-refractivity contribution in [3.05, 3.63) is 29.6 Å². The molecular formula is C13H17N5. The molecule has 0 radical (unpaired) electrons. The van der Waals surface area contributed by atoms with Gasteiger partial charge in [-0.25, -0.2) is 0 Å². The molecule has 5 heteroatoms. The molecule has 94 valence electrons. The van der Waals surface area contributed by atoms with E-state index in [1.165, 1.54) is 25.7 Å². The number of rotatable bonds is 2. The summed E-state index contributed by atoms with van der Waals surface area (Å²) in [5.41, 5.74) is 8.72. The maximum atomic E-state index is 5.86. The third-order valence-electron chi connectivity index (χ3n) is 3.68. The van der Waals surface area contributed by atoms with Crippen LogP contribution in [-0.2, 0) is 0 Å². The zero-order chi connectivity index (χ0) is 12.5. The Hall–Kier alpha value is -1.91. The van der Waals surface area contributed by atoms with Gasteiger partial charge in [-0.1, -0.05) is 18.9 Å². The molecule has 2 aromatic rings. The van der Waals surface area contributed by atoms with Crippen LogP contribution in [0.5, 0.6) is 0 Å². The lowest BCUT2D eigenvalue weighted by Gasteiger charge is -2.12. The van der Waals surface area contributed by atoms with Crippen LogP contribution in [0, 0.1) is 6.92 Å². The zero-order valence-electron chi connectivity index (χ0n) is 10.5. The average Bonchev–Trinajstić information content (AvgIpc) is 3.00. The second kappa shape index (κ2) is 4.40. The van der Waals surface area contributed by atoms with E-state index < -0.39 is 0 Å². The van der Waals surface area contributed by atoms with Crippen LogP contribution >= 0.6 is 0 Å². The molecule has 3 rings (SSSR count). The van der Waals surface area contributed by atoms with Gasteiger partial charge in [0.25, 0.3) is 0 Å². The quantitative estimate of drug-likeness (QED) is 0.821. The molecule has 0 atom stereocenters. The number of hydrogen-bond donors (Lipinski definition) is 1. The number of aryl methyl sites for hydroxylation is 1. The van der Waals surface area contributed by atoms with Crippen molar-refractivity contribution in [2.24, 2.45) is 0 Å². The van der Waals surface area contributed by atoms with E-state index in [9.17, 15) is 0 Å². The van der Waals surface area contributed by atoms with Crippen LogP contribution in [0.4, 0.5) is 5.69 Å². The Balaban J connectivity index is 2.06. The van der Waals surface area contributed by atoms with Crippen LogP contribution in [0.25, 0.3) is 5.69 Å². The van der Waals surface area contributed by atoms with Gasteiger partial charge in [0.05, 0.1) is 5.69 Å². The highest BCUT2D eigenvalue weighted by Crippen LogP contribution is 2.33. The smallest absolute Gasteiger partial charge is 0.159 e. The van der Waals surface area contributed by atoms with Crippen LogP contribution in [-0.4, -0.2) is 20.2 Å². The normalized spacial score (nSPS) is 16.3. The molecule has 0 spiro atoms. The van der Waals surface area contributed by atoms with Gasteiger partial charge >= 0.3 is 0 Å². The lowest BCUT2D eigenvalue weighted by atomic mass is 10.1. The van der Waals surface area contributed by atoms with E-state index in [0.717, 1.165) is 22.8 Å². The van der Waals surface area contributed by atoms with Crippen LogP contribution in [0.2, 0.25) is 0 Å². The molecule has 18 heavy (non-hydrogen) atoms. The molecule has 0 bridgehead atoms. The second-order valence-corrected chi connectivity index (χ2v) is 4.98. The van der Waals surface area contributed by atoms with Crippen molar-refractivity contribution in [3.63, 3.8) is 0 Å². The minimum atomic E-state index is 0.487. The standard InChI is InChI=1S/C13H17N5/c1-9-6-7-11(14)8-12(9)18-13(15-16-17-18)10-4-2-3-5-10/h6-8,10H,2-5,14H2,1H3. The van der Waals surface area contributed by atoms with Gasteiger partial charge in [0, 0.05) is 11.6 Å². The number of benzene rings is 1. The topological polar surface area (TPSA) is 69.6 Å².